The predicted octanol–water partition coefficient (Wildman–Crippen LogP) is 2.51. The Morgan fingerprint density at radius 2 is 2.00 bits per heavy atom. The summed E-state index contributed by atoms with van der Waals surface area (Å²) in [5.41, 5.74) is 1.50. The lowest BCUT2D eigenvalue weighted by Gasteiger charge is -2.27. The van der Waals surface area contributed by atoms with Crippen LogP contribution in [0.3, 0.4) is 0 Å². The molecule has 0 saturated carbocycles. The second-order valence-electron chi connectivity index (χ2n) is 6.54. The summed E-state index contributed by atoms with van der Waals surface area (Å²) in [6, 6.07) is 15.1. The Morgan fingerprint density at radius 1 is 1.19 bits per heavy atom. The SMILES string of the molecule is O=C(c1cccc(Cl)c1)N(CC[NH+]1CCOCC1)c1nc2ccccc2s1. The largest absolute Gasteiger partial charge is 0.370 e. The molecule has 27 heavy (non-hydrogen) atoms. The number of carbonyl (C=O) groups is 1. The molecule has 0 radical (unpaired) electrons. The maximum atomic E-state index is 13.2. The summed E-state index contributed by atoms with van der Waals surface area (Å²) in [4.78, 5) is 21.2. The van der Waals surface area contributed by atoms with Crippen LogP contribution in [-0.4, -0.2) is 50.3 Å². The van der Waals surface area contributed by atoms with Gasteiger partial charge in [-0.3, -0.25) is 9.69 Å². The summed E-state index contributed by atoms with van der Waals surface area (Å²) in [5.74, 6) is -0.0655. The number of morpholine rings is 1. The lowest BCUT2D eigenvalue weighted by Crippen LogP contribution is -3.14. The van der Waals surface area contributed by atoms with Gasteiger partial charge >= 0.3 is 0 Å². The maximum absolute atomic E-state index is 13.2. The number of ether oxygens (including phenoxy) is 1. The van der Waals surface area contributed by atoms with Crippen LogP contribution < -0.4 is 9.80 Å². The van der Waals surface area contributed by atoms with E-state index in [-0.39, 0.29) is 5.91 Å². The smallest absolute Gasteiger partial charge is 0.260 e. The van der Waals surface area contributed by atoms with Crippen LogP contribution >= 0.6 is 22.9 Å². The van der Waals surface area contributed by atoms with Gasteiger partial charge in [-0.15, -0.1) is 0 Å². The van der Waals surface area contributed by atoms with Crippen LogP contribution in [0.4, 0.5) is 5.13 Å². The van der Waals surface area contributed by atoms with Gasteiger partial charge < -0.3 is 9.64 Å². The normalized spacial score (nSPS) is 15.1. The summed E-state index contributed by atoms with van der Waals surface area (Å²) in [6.07, 6.45) is 0. The average Bonchev–Trinajstić information content (AvgIpc) is 3.12. The van der Waals surface area contributed by atoms with E-state index in [0.29, 0.717) is 17.1 Å². The standard InChI is InChI=1S/C20H20ClN3O2S/c21-16-5-3-4-15(14-16)19(25)24(9-8-23-10-12-26-13-11-23)20-22-17-6-1-2-7-18(17)27-20/h1-7,14H,8-13H2/p+1. The number of fused-ring (bicyclic) bond motifs is 1. The van der Waals surface area contributed by atoms with Gasteiger partial charge in [-0.1, -0.05) is 41.1 Å². The van der Waals surface area contributed by atoms with Gasteiger partial charge in [0.1, 0.15) is 13.1 Å². The molecule has 1 amide bonds. The molecule has 3 aromatic rings. The first-order valence-electron chi connectivity index (χ1n) is 9.05. The lowest BCUT2D eigenvalue weighted by molar-refractivity contribution is -0.906. The predicted molar refractivity (Wildman–Crippen MR) is 109 cm³/mol. The molecule has 0 spiro atoms. The molecule has 1 aliphatic heterocycles. The summed E-state index contributed by atoms with van der Waals surface area (Å²) < 4.78 is 6.51. The molecule has 5 nitrogen and oxygen atoms in total. The van der Waals surface area contributed by atoms with Crippen molar-refractivity contribution in [3.8, 4) is 0 Å². The number of quaternary nitrogens is 1. The van der Waals surface area contributed by atoms with Gasteiger partial charge in [0.25, 0.3) is 5.91 Å². The topological polar surface area (TPSA) is 46.9 Å². The van der Waals surface area contributed by atoms with Crippen molar-refractivity contribution < 1.29 is 14.4 Å². The quantitative estimate of drug-likeness (QED) is 0.713. The van der Waals surface area contributed by atoms with Gasteiger partial charge in [-0.25, -0.2) is 4.98 Å². The van der Waals surface area contributed by atoms with Gasteiger partial charge in [-0.05, 0) is 30.3 Å². The van der Waals surface area contributed by atoms with Crippen molar-refractivity contribution in [1.29, 1.82) is 0 Å². The highest BCUT2D eigenvalue weighted by molar-refractivity contribution is 7.22. The number of para-hydroxylation sites is 1. The van der Waals surface area contributed by atoms with E-state index in [4.69, 9.17) is 21.3 Å². The minimum atomic E-state index is -0.0655. The van der Waals surface area contributed by atoms with Crippen molar-refractivity contribution >= 4 is 44.2 Å². The van der Waals surface area contributed by atoms with Gasteiger partial charge in [0, 0.05) is 10.6 Å². The molecular formula is C20H21ClN3O2S+. The first-order valence-corrected chi connectivity index (χ1v) is 10.2. The summed E-state index contributed by atoms with van der Waals surface area (Å²) in [5, 5.41) is 1.29. The molecule has 1 fully saturated rings. The molecule has 140 valence electrons. The van der Waals surface area contributed by atoms with Crippen molar-refractivity contribution in [1.82, 2.24) is 4.98 Å². The van der Waals surface area contributed by atoms with Crippen molar-refractivity contribution in [3.63, 3.8) is 0 Å². The third kappa shape index (κ3) is 4.30. The zero-order valence-electron chi connectivity index (χ0n) is 14.9. The first kappa shape index (κ1) is 18.4. The highest BCUT2D eigenvalue weighted by atomic mass is 35.5. The van der Waals surface area contributed by atoms with Crippen molar-refractivity contribution in [2.45, 2.75) is 0 Å². The third-order valence-corrected chi connectivity index (χ3v) is 6.01. The van der Waals surface area contributed by atoms with Gasteiger partial charge in [0.15, 0.2) is 5.13 Å². The molecule has 1 N–H and O–H groups in total. The summed E-state index contributed by atoms with van der Waals surface area (Å²) >= 11 is 7.65. The molecule has 0 unspecified atom stereocenters. The number of rotatable bonds is 5. The second kappa shape index (κ2) is 8.35. The van der Waals surface area contributed by atoms with Crippen LogP contribution in [-0.2, 0) is 4.74 Å². The molecule has 0 aliphatic carbocycles. The third-order valence-electron chi connectivity index (χ3n) is 4.72. The van der Waals surface area contributed by atoms with Gasteiger partial charge in [0.05, 0.1) is 36.5 Å². The Balaban J connectivity index is 1.62. The number of aromatic nitrogens is 1. The Bertz CT molecular complexity index is 907. The minimum Gasteiger partial charge on any atom is -0.370 e. The number of carbonyl (C=O) groups excluding carboxylic acids is 1. The molecule has 7 heteroatoms. The minimum absolute atomic E-state index is 0.0655. The molecule has 0 bridgehead atoms. The second-order valence-corrected chi connectivity index (χ2v) is 7.99. The molecule has 2 aromatic carbocycles. The monoisotopic (exact) mass is 402 g/mol. The van der Waals surface area contributed by atoms with Gasteiger partial charge in [0.2, 0.25) is 0 Å². The molecule has 0 atom stereocenters. The van der Waals surface area contributed by atoms with E-state index in [1.165, 1.54) is 4.90 Å². The number of hydrogen-bond acceptors (Lipinski definition) is 4. The van der Waals surface area contributed by atoms with E-state index >= 15 is 0 Å². The fourth-order valence-electron chi connectivity index (χ4n) is 3.22. The van der Waals surface area contributed by atoms with Crippen LogP contribution in [0.1, 0.15) is 10.4 Å². The van der Waals surface area contributed by atoms with E-state index in [2.05, 4.69) is 0 Å². The number of anilines is 1. The number of nitrogens with one attached hydrogen (secondary N) is 1. The fraction of sp³-hybridized carbons (Fsp3) is 0.300. The average molecular weight is 403 g/mol. The van der Waals surface area contributed by atoms with Crippen molar-refractivity contribution in [2.24, 2.45) is 0 Å². The zero-order chi connectivity index (χ0) is 18.6. The number of thiazole rings is 1. The first-order chi connectivity index (χ1) is 13.2. The van der Waals surface area contributed by atoms with E-state index < -0.39 is 0 Å². The molecule has 4 rings (SSSR count). The number of benzene rings is 2. The number of hydrogen-bond donors (Lipinski definition) is 1. The highest BCUT2D eigenvalue weighted by Gasteiger charge is 2.24. The van der Waals surface area contributed by atoms with Crippen LogP contribution in [0.2, 0.25) is 5.02 Å². The number of amides is 1. The molecule has 1 aromatic heterocycles. The van der Waals surface area contributed by atoms with Crippen molar-refractivity contribution in [3.05, 3.63) is 59.1 Å². The van der Waals surface area contributed by atoms with Crippen LogP contribution in [0.5, 0.6) is 0 Å². The fourth-order valence-corrected chi connectivity index (χ4v) is 4.40. The van der Waals surface area contributed by atoms with Crippen LogP contribution in [0.25, 0.3) is 10.2 Å². The zero-order valence-corrected chi connectivity index (χ0v) is 16.4. The maximum Gasteiger partial charge on any atom is 0.260 e. The Labute approximate surface area is 167 Å². The molecular weight excluding hydrogens is 382 g/mol. The Kier molecular flexibility index (Phi) is 5.69. The number of halogens is 1. The van der Waals surface area contributed by atoms with Crippen molar-refractivity contribution in [2.75, 3.05) is 44.3 Å². The highest BCUT2D eigenvalue weighted by Crippen LogP contribution is 2.29. The van der Waals surface area contributed by atoms with E-state index in [1.807, 2.05) is 24.3 Å². The number of nitrogens with zero attached hydrogens (tertiary/aromatic N) is 2. The van der Waals surface area contributed by atoms with E-state index in [9.17, 15) is 4.79 Å². The van der Waals surface area contributed by atoms with Gasteiger partial charge in [-0.2, -0.15) is 0 Å². The van der Waals surface area contributed by atoms with Crippen LogP contribution in [0.15, 0.2) is 48.5 Å². The molecule has 1 saturated heterocycles. The lowest BCUT2D eigenvalue weighted by atomic mass is 10.2. The van der Waals surface area contributed by atoms with E-state index in [0.717, 1.165) is 48.2 Å². The molecule has 2 heterocycles. The summed E-state index contributed by atoms with van der Waals surface area (Å²) in [7, 11) is 0. The Hall–Kier alpha value is -1.99. The summed E-state index contributed by atoms with van der Waals surface area (Å²) in [6.45, 7) is 4.97. The van der Waals surface area contributed by atoms with Crippen LogP contribution in [0, 0.1) is 0 Å². The Morgan fingerprint density at radius 3 is 2.78 bits per heavy atom. The van der Waals surface area contributed by atoms with E-state index in [1.54, 1.807) is 40.5 Å². The molecule has 1 aliphatic rings.